The fourth-order valence-electron chi connectivity index (χ4n) is 3.19. The molecule has 1 saturated heterocycles. The molecule has 1 aliphatic rings. The van der Waals surface area contributed by atoms with Gasteiger partial charge in [-0.15, -0.1) is 11.8 Å². The Kier molecular flexibility index (Phi) is 6.09. The minimum Gasteiger partial charge on any atom is -0.353 e. The Balaban J connectivity index is 1.37. The molecule has 3 heterocycles. The number of hydrogen-bond donors (Lipinski definition) is 0. The number of benzene rings is 1. The van der Waals surface area contributed by atoms with Crippen molar-refractivity contribution < 1.29 is 0 Å². The van der Waals surface area contributed by atoms with Crippen molar-refractivity contribution in [3.63, 3.8) is 0 Å². The highest BCUT2D eigenvalue weighted by Crippen LogP contribution is 2.23. The molecular formula is C21H25N7S. The third-order valence-electron chi connectivity index (χ3n) is 4.79. The average molecular weight is 408 g/mol. The van der Waals surface area contributed by atoms with E-state index in [4.69, 9.17) is 4.98 Å². The monoisotopic (exact) mass is 407 g/mol. The molecule has 0 spiro atoms. The third kappa shape index (κ3) is 4.95. The van der Waals surface area contributed by atoms with E-state index in [-0.39, 0.29) is 0 Å². The molecule has 8 heteroatoms. The molecule has 1 aliphatic heterocycles. The first kappa shape index (κ1) is 19.4. The smallest absolute Gasteiger partial charge is 0.226 e. The first-order valence-corrected chi connectivity index (χ1v) is 10.7. The minimum absolute atomic E-state index is 0.735. The molecule has 0 radical (unpaired) electrons. The maximum absolute atomic E-state index is 4.82. The zero-order chi connectivity index (χ0) is 20.1. The standard InChI is InChI=1S/C21H25N7S/c1-26(2)21-23-9-8-18(25-21)27-10-12-28(13-11-27)19-14-22-15-20(24-19)29-16-17-6-4-3-5-7-17/h3-9,14-15H,10-13,16H2,1-2H3. The molecule has 29 heavy (non-hydrogen) atoms. The van der Waals surface area contributed by atoms with Crippen LogP contribution in [0.5, 0.6) is 0 Å². The quantitative estimate of drug-likeness (QED) is 0.578. The summed E-state index contributed by atoms with van der Waals surface area (Å²) in [5.41, 5.74) is 1.29. The van der Waals surface area contributed by atoms with Crippen molar-refractivity contribution in [2.75, 3.05) is 55.0 Å². The number of hydrogen-bond acceptors (Lipinski definition) is 8. The van der Waals surface area contributed by atoms with Gasteiger partial charge in [0.15, 0.2) is 0 Å². The predicted octanol–water partition coefficient (Wildman–Crippen LogP) is 2.95. The van der Waals surface area contributed by atoms with Crippen LogP contribution in [0, 0.1) is 0 Å². The molecule has 0 saturated carbocycles. The lowest BCUT2D eigenvalue weighted by atomic mass is 10.2. The van der Waals surface area contributed by atoms with Gasteiger partial charge in [0.2, 0.25) is 5.95 Å². The van der Waals surface area contributed by atoms with E-state index in [9.17, 15) is 0 Å². The molecule has 4 rings (SSSR count). The van der Waals surface area contributed by atoms with Gasteiger partial charge in [0.25, 0.3) is 0 Å². The van der Waals surface area contributed by atoms with Gasteiger partial charge in [0.05, 0.1) is 12.4 Å². The molecule has 7 nitrogen and oxygen atoms in total. The van der Waals surface area contributed by atoms with Gasteiger partial charge in [-0.1, -0.05) is 30.3 Å². The number of anilines is 3. The third-order valence-corrected chi connectivity index (χ3v) is 5.76. The van der Waals surface area contributed by atoms with Crippen molar-refractivity contribution in [1.82, 2.24) is 19.9 Å². The highest BCUT2D eigenvalue weighted by molar-refractivity contribution is 7.98. The Labute approximate surface area is 175 Å². The number of thioether (sulfide) groups is 1. The van der Waals surface area contributed by atoms with Gasteiger partial charge in [-0.25, -0.2) is 9.97 Å². The van der Waals surface area contributed by atoms with Gasteiger partial charge in [0.1, 0.15) is 16.7 Å². The topological polar surface area (TPSA) is 61.3 Å². The molecule has 150 valence electrons. The van der Waals surface area contributed by atoms with Crippen molar-refractivity contribution >= 4 is 29.3 Å². The summed E-state index contributed by atoms with van der Waals surface area (Å²) in [6.07, 6.45) is 5.52. The Bertz CT molecular complexity index is 927. The number of rotatable bonds is 6. The first-order valence-electron chi connectivity index (χ1n) is 9.68. The summed E-state index contributed by atoms with van der Waals surface area (Å²) < 4.78 is 0. The summed E-state index contributed by atoms with van der Waals surface area (Å²) in [5.74, 6) is 3.55. The molecule has 0 N–H and O–H groups in total. The van der Waals surface area contributed by atoms with Gasteiger partial charge in [-0.2, -0.15) is 4.98 Å². The average Bonchev–Trinajstić information content (AvgIpc) is 2.79. The van der Waals surface area contributed by atoms with E-state index in [0.717, 1.165) is 54.5 Å². The van der Waals surface area contributed by atoms with Gasteiger partial charge in [-0.3, -0.25) is 4.98 Å². The molecule has 1 aromatic carbocycles. The van der Waals surface area contributed by atoms with Gasteiger partial charge >= 0.3 is 0 Å². The summed E-state index contributed by atoms with van der Waals surface area (Å²) in [6, 6.07) is 12.4. The fraction of sp³-hybridized carbons (Fsp3) is 0.333. The maximum atomic E-state index is 4.82. The van der Waals surface area contributed by atoms with Crippen LogP contribution >= 0.6 is 11.8 Å². The van der Waals surface area contributed by atoms with E-state index in [2.05, 4.69) is 49.0 Å². The van der Waals surface area contributed by atoms with E-state index < -0.39 is 0 Å². The van der Waals surface area contributed by atoms with Crippen molar-refractivity contribution in [2.24, 2.45) is 0 Å². The lowest BCUT2D eigenvalue weighted by Gasteiger charge is -2.36. The minimum atomic E-state index is 0.735. The zero-order valence-electron chi connectivity index (χ0n) is 16.8. The van der Waals surface area contributed by atoms with Crippen LogP contribution in [0.3, 0.4) is 0 Å². The lowest BCUT2D eigenvalue weighted by Crippen LogP contribution is -2.47. The molecule has 0 unspecified atom stereocenters. The molecule has 3 aromatic rings. The van der Waals surface area contributed by atoms with E-state index in [1.165, 1.54) is 5.56 Å². The Hall–Kier alpha value is -2.87. The van der Waals surface area contributed by atoms with Crippen molar-refractivity contribution in [1.29, 1.82) is 0 Å². The number of nitrogens with zero attached hydrogens (tertiary/aromatic N) is 7. The van der Waals surface area contributed by atoms with Crippen molar-refractivity contribution in [3.8, 4) is 0 Å². The summed E-state index contributed by atoms with van der Waals surface area (Å²) in [4.78, 5) is 24.7. The second-order valence-corrected chi connectivity index (χ2v) is 8.07. The summed E-state index contributed by atoms with van der Waals surface area (Å²) in [5, 5.41) is 0.959. The molecular weight excluding hydrogens is 382 g/mol. The number of piperazine rings is 1. The second kappa shape index (κ2) is 9.09. The summed E-state index contributed by atoms with van der Waals surface area (Å²) in [6.45, 7) is 3.57. The van der Waals surface area contributed by atoms with Crippen LogP contribution in [0.2, 0.25) is 0 Å². The van der Waals surface area contributed by atoms with Crippen LogP contribution < -0.4 is 14.7 Å². The molecule has 0 bridgehead atoms. The van der Waals surface area contributed by atoms with E-state index in [1.807, 2.05) is 49.7 Å². The Morgan fingerprint density at radius 2 is 1.62 bits per heavy atom. The van der Waals surface area contributed by atoms with Gasteiger partial charge < -0.3 is 14.7 Å². The predicted molar refractivity (Wildman–Crippen MR) is 119 cm³/mol. The van der Waals surface area contributed by atoms with Crippen LogP contribution in [0.15, 0.2) is 60.0 Å². The SMILES string of the molecule is CN(C)c1nccc(N2CCN(c3cncc(SCc4ccccc4)n3)CC2)n1. The van der Waals surface area contributed by atoms with Crippen LogP contribution in [-0.4, -0.2) is 60.2 Å². The molecule has 0 aliphatic carbocycles. The number of aromatic nitrogens is 4. The normalized spacial score (nSPS) is 14.1. The summed E-state index contributed by atoms with van der Waals surface area (Å²) >= 11 is 1.72. The van der Waals surface area contributed by atoms with Gasteiger partial charge in [-0.05, 0) is 11.6 Å². The molecule has 2 aromatic heterocycles. The van der Waals surface area contributed by atoms with Crippen LogP contribution in [-0.2, 0) is 5.75 Å². The Morgan fingerprint density at radius 1 is 0.897 bits per heavy atom. The largest absolute Gasteiger partial charge is 0.353 e. The van der Waals surface area contributed by atoms with Crippen molar-refractivity contribution in [2.45, 2.75) is 10.8 Å². The van der Waals surface area contributed by atoms with Crippen LogP contribution in [0.25, 0.3) is 0 Å². The summed E-state index contributed by atoms with van der Waals surface area (Å²) in [7, 11) is 3.91. The Morgan fingerprint density at radius 3 is 2.34 bits per heavy atom. The maximum Gasteiger partial charge on any atom is 0.226 e. The lowest BCUT2D eigenvalue weighted by molar-refractivity contribution is 0.637. The van der Waals surface area contributed by atoms with Gasteiger partial charge in [0, 0.05) is 52.2 Å². The second-order valence-electron chi connectivity index (χ2n) is 7.07. The highest BCUT2D eigenvalue weighted by atomic mass is 32.2. The van der Waals surface area contributed by atoms with Crippen LogP contribution in [0.4, 0.5) is 17.6 Å². The molecule has 0 amide bonds. The first-order chi connectivity index (χ1) is 14.2. The fourth-order valence-corrected chi connectivity index (χ4v) is 3.99. The zero-order valence-corrected chi connectivity index (χ0v) is 17.6. The molecule has 0 atom stereocenters. The molecule has 1 fully saturated rings. The van der Waals surface area contributed by atoms with E-state index in [0.29, 0.717) is 0 Å². The highest BCUT2D eigenvalue weighted by Gasteiger charge is 2.20. The van der Waals surface area contributed by atoms with E-state index in [1.54, 1.807) is 11.8 Å². The van der Waals surface area contributed by atoms with E-state index >= 15 is 0 Å². The van der Waals surface area contributed by atoms with Crippen LogP contribution in [0.1, 0.15) is 5.56 Å². The van der Waals surface area contributed by atoms with Crippen molar-refractivity contribution in [3.05, 3.63) is 60.6 Å².